The van der Waals surface area contributed by atoms with Crippen LogP contribution in [0, 0.1) is 5.41 Å². The SMILES string of the molecule is CC(C)(C)C1(Cl)C(I)=CC=CC1S. The van der Waals surface area contributed by atoms with Gasteiger partial charge in [-0.2, -0.15) is 12.6 Å². The van der Waals surface area contributed by atoms with Gasteiger partial charge in [0.2, 0.25) is 0 Å². The first-order valence-electron chi connectivity index (χ1n) is 4.21. The maximum atomic E-state index is 6.65. The van der Waals surface area contributed by atoms with Gasteiger partial charge < -0.3 is 0 Å². The molecule has 1 aliphatic rings. The van der Waals surface area contributed by atoms with Gasteiger partial charge in [-0.25, -0.2) is 0 Å². The minimum atomic E-state index is -0.370. The fourth-order valence-electron chi connectivity index (χ4n) is 1.44. The number of hydrogen-bond donors (Lipinski definition) is 1. The Morgan fingerprint density at radius 2 is 2.08 bits per heavy atom. The lowest BCUT2D eigenvalue weighted by molar-refractivity contribution is 0.325. The molecule has 1 rings (SSSR count). The van der Waals surface area contributed by atoms with E-state index >= 15 is 0 Å². The molecule has 0 amide bonds. The molecule has 0 heterocycles. The Kier molecular flexibility index (Phi) is 3.47. The molecule has 0 aromatic heterocycles. The first kappa shape index (κ1) is 11.9. The van der Waals surface area contributed by atoms with Crippen LogP contribution in [0.2, 0.25) is 0 Å². The van der Waals surface area contributed by atoms with Crippen LogP contribution in [0.5, 0.6) is 0 Å². The third-order valence-corrected chi connectivity index (χ3v) is 5.63. The van der Waals surface area contributed by atoms with Gasteiger partial charge in [0.25, 0.3) is 0 Å². The van der Waals surface area contributed by atoms with Gasteiger partial charge in [0.1, 0.15) is 0 Å². The van der Waals surface area contributed by atoms with Crippen LogP contribution < -0.4 is 0 Å². The molecule has 0 aliphatic heterocycles. The zero-order valence-corrected chi connectivity index (χ0v) is 11.8. The molecule has 0 aromatic rings. The van der Waals surface area contributed by atoms with E-state index in [0.29, 0.717) is 0 Å². The van der Waals surface area contributed by atoms with Gasteiger partial charge in [0.05, 0.1) is 4.87 Å². The van der Waals surface area contributed by atoms with Gasteiger partial charge >= 0.3 is 0 Å². The molecule has 13 heavy (non-hydrogen) atoms. The van der Waals surface area contributed by atoms with E-state index in [2.05, 4.69) is 62.1 Å². The molecule has 2 unspecified atom stereocenters. The lowest BCUT2D eigenvalue weighted by Gasteiger charge is -2.43. The lowest BCUT2D eigenvalue weighted by Crippen LogP contribution is -2.45. The molecule has 0 spiro atoms. The molecule has 0 saturated heterocycles. The minimum absolute atomic E-state index is 0.0127. The Bertz CT molecular complexity index is 265. The molecular formula is C10H14ClIS. The van der Waals surface area contributed by atoms with Crippen molar-refractivity contribution in [2.45, 2.75) is 30.9 Å². The number of allylic oxidation sites excluding steroid dienone is 3. The Hall–Kier alpha value is 0.850. The van der Waals surface area contributed by atoms with E-state index in [-0.39, 0.29) is 15.5 Å². The molecular weight excluding hydrogens is 315 g/mol. The van der Waals surface area contributed by atoms with E-state index in [1.807, 2.05) is 12.2 Å². The largest absolute Gasteiger partial charge is 0.169 e. The predicted molar refractivity (Wildman–Crippen MR) is 72.1 cm³/mol. The molecule has 3 heteroatoms. The lowest BCUT2D eigenvalue weighted by atomic mass is 9.76. The average Bonchev–Trinajstić information content (AvgIpc) is 1.97. The van der Waals surface area contributed by atoms with E-state index in [9.17, 15) is 0 Å². The van der Waals surface area contributed by atoms with Crippen LogP contribution in [0.3, 0.4) is 0 Å². The smallest absolute Gasteiger partial charge is 0.0949 e. The second kappa shape index (κ2) is 3.78. The molecule has 0 bridgehead atoms. The van der Waals surface area contributed by atoms with Crippen molar-refractivity contribution < 1.29 is 0 Å². The van der Waals surface area contributed by atoms with Crippen molar-refractivity contribution in [2.75, 3.05) is 0 Å². The molecule has 1 aliphatic carbocycles. The summed E-state index contributed by atoms with van der Waals surface area (Å²) < 4.78 is 1.17. The summed E-state index contributed by atoms with van der Waals surface area (Å²) in [6.07, 6.45) is 6.13. The standard InChI is InChI=1S/C10H14ClIS/c1-9(2,3)10(11)7(12)5-4-6-8(10)13/h4-6,8,13H,1-3H3. The van der Waals surface area contributed by atoms with Crippen LogP contribution in [0.1, 0.15) is 20.8 Å². The van der Waals surface area contributed by atoms with Gasteiger partial charge in [-0.3, -0.25) is 0 Å². The second-order valence-electron chi connectivity index (χ2n) is 4.31. The van der Waals surface area contributed by atoms with E-state index in [0.717, 1.165) is 0 Å². The van der Waals surface area contributed by atoms with Gasteiger partial charge in [-0.15, -0.1) is 11.6 Å². The molecule has 0 saturated carbocycles. The maximum Gasteiger partial charge on any atom is 0.0949 e. The third-order valence-electron chi connectivity index (χ3n) is 2.38. The number of halogens is 2. The minimum Gasteiger partial charge on any atom is -0.169 e. The first-order valence-corrected chi connectivity index (χ1v) is 6.19. The van der Waals surface area contributed by atoms with Crippen LogP contribution in [0.4, 0.5) is 0 Å². The van der Waals surface area contributed by atoms with Crippen LogP contribution >= 0.6 is 46.8 Å². The van der Waals surface area contributed by atoms with Gasteiger partial charge in [-0.05, 0) is 28.0 Å². The Labute approximate surface area is 104 Å². The molecule has 0 N–H and O–H groups in total. The highest BCUT2D eigenvalue weighted by Gasteiger charge is 2.47. The highest BCUT2D eigenvalue weighted by atomic mass is 127. The van der Waals surface area contributed by atoms with Crippen molar-refractivity contribution in [1.82, 2.24) is 0 Å². The summed E-state index contributed by atoms with van der Waals surface area (Å²) in [5.41, 5.74) is 0.0127. The highest BCUT2D eigenvalue weighted by Crippen LogP contribution is 2.50. The Morgan fingerprint density at radius 3 is 2.38 bits per heavy atom. The molecule has 0 aromatic carbocycles. The fraction of sp³-hybridized carbons (Fsp3) is 0.600. The van der Waals surface area contributed by atoms with Crippen LogP contribution in [-0.2, 0) is 0 Å². The molecule has 2 atom stereocenters. The summed E-state index contributed by atoms with van der Waals surface area (Å²) in [6, 6.07) is 0. The monoisotopic (exact) mass is 328 g/mol. The van der Waals surface area contributed by atoms with Gasteiger partial charge in [0.15, 0.2) is 0 Å². The first-order chi connectivity index (χ1) is 5.80. The van der Waals surface area contributed by atoms with Crippen molar-refractivity contribution in [3.05, 3.63) is 21.8 Å². The Balaban J connectivity index is 3.15. The maximum absolute atomic E-state index is 6.65. The van der Waals surface area contributed by atoms with E-state index in [1.54, 1.807) is 0 Å². The number of thiol groups is 1. The summed E-state index contributed by atoms with van der Waals surface area (Å²) >= 11 is 13.5. The topological polar surface area (TPSA) is 0 Å². The van der Waals surface area contributed by atoms with Crippen LogP contribution in [-0.4, -0.2) is 10.1 Å². The van der Waals surface area contributed by atoms with Crippen molar-refractivity contribution in [3.63, 3.8) is 0 Å². The summed E-state index contributed by atoms with van der Waals surface area (Å²) in [7, 11) is 0. The zero-order chi connectivity index (χ0) is 10.3. The second-order valence-corrected chi connectivity index (χ2v) is 6.62. The third kappa shape index (κ3) is 1.95. The number of hydrogen-bond acceptors (Lipinski definition) is 1. The molecule has 0 fully saturated rings. The average molecular weight is 329 g/mol. The van der Waals surface area contributed by atoms with Crippen molar-refractivity contribution >= 4 is 46.8 Å². The van der Waals surface area contributed by atoms with Crippen molar-refractivity contribution in [1.29, 1.82) is 0 Å². The summed E-state index contributed by atoms with van der Waals surface area (Å²) in [6.45, 7) is 6.44. The normalized spacial score (nSPS) is 34.6. The molecule has 0 radical (unpaired) electrons. The van der Waals surface area contributed by atoms with Gasteiger partial charge in [-0.1, -0.05) is 39.0 Å². The quantitative estimate of drug-likeness (QED) is 0.385. The molecule has 0 nitrogen and oxygen atoms in total. The molecule has 74 valence electrons. The van der Waals surface area contributed by atoms with E-state index in [4.69, 9.17) is 11.6 Å². The summed E-state index contributed by atoms with van der Waals surface area (Å²) in [5, 5.41) is 0.0890. The summed E-state index contributed by atoms with van der Waals surface area (Å²) in [5.74, 6) is 0. The van der Waals surface area contributed by atoms with Crippen LogP contribution in [0.25, 0.3) is 0 Å². The van der Waals surface area contributed by atoms with Crippen LogP contribution in [0.15, 0.2) is 21.8 Å². The number of rotatable bonds is 0. The van der Waals surface area contributed by atoms with E-state index in [1.165, 1.54) is 3.58 Å². The van der Waals surface area contributed by atoms with Crippen molar-refractivity contribution in [3.8, 4) is 0 Å². The fourth-order valence-corrected chi connectivity index (χ4v) is 3.80. The number of alkyl halides is 1. The van der Waals surface area contributed by atoms with Crippen molar-refractivity contribution in [2.24, 2.45) is 5.41 Å². The zero-order valence-electron chi connectivity index (χ0n) is 8.01. The van der Waals surface area contributed by atoms with E-state index < -0.39 is 0 Å². The summed E-state index contributed by atoms with van der Waals surface area (Å²) in [4.78, 5) is -0.370. The predicted octanol–water partition coefficient (Wildman–Crippen LogP) is 4.20. The highest BCUT2D eigenvalue weighted by molar-refractivity contribution is 14.1. The van der Waals surface area contributed by atoms with Gasteiger partial charge in [0, 0.05) is 8.83 Å². The Morgan fingerprint density at radius 1 is 1.54 bits per heavy atom.